The van der Waals surface area contributed by atoms with Gasteiger partial charge in [0.1, 0.15) is 0 Å². The number of fused-ring (bicyclic) bond motifs is 4. The lowest BCUT2D eigenvalue weighted by Crippen LogP contribution is -2.69. The molecule has 1 fully saturated rings. The summed E-state index contributed by atoms with van der Waals surface area (Å²) in [6.45, 7) is 9.33. The highest BCUT2D eigenvalue weighted by molar-refractivity contribution is 5.57. The number of benzene rings is 1. The van der Waals surface area contributed by atoms with Crippen molar-refractivity contribution >= 4 is 0 Å². The third-order valence-corrected chi connectivity index (χ3v) is 6.04. The van der Waals surface area contributed by atoms with Crippen LogP contribution in [0.25, 0.3) is 0 Å². The number of rotatable bonds is 3. The molecule has 2 bridgehead atoms. The summed E-state index contributed by atoms with van der Waals surface area (Å²) in [5.41, 5.74) is 1.05. The molecule has 0 radical (unpaired) electrons. The van der Waals surface area contributed by atoms with Gasteiger partial charge in [-0.2, -0.15) is 0 Å². The van der Waals surface area contributed by atoms with Crippen LogP contribution in [0.15, 0.2) is 12.1 Å². The highest BCUT2D eigenvalue weighted by Gasteiger charge is 2.60. The minimum absolute atomic E-state index is 0.106. The van der Waals surface area contributed by atoms with Gasteiger partial charge in [-0.05, 0) is 51.4 Å². The van der Waals surface area contributed by atoms with Crippen molar-refractivity contribution in [1.29, 1.82) is 0 Å². The summed E-state index contributed by atoms with van der Waals surface area (Å²) in [5, 5.41) is 21.7. The highest BCUT2D eigenvalue weighted by Crippen LogP contribution is 2.57. The average Bonchev–Trinajstić information content (AvgIpc) is 2.55. The molecule has 0 saturated carbocycles. The Bertz CT molecular complexity index is 599. The fourth-order valence-electron chi connectivity index (χ4n) is 4.91. The van der Waals surface area contributed by atoms with E-state index in [1.807, 2.05) is 13.0 Å². The predicted molar refractivity (Wildman–Crippen MR) is 103 cm³/mol. The summed E-state index contributed by atoms with van der Waals surface area (Å²) in [6.07, 6.45) is 4.82. The number of phenolic OH excluding ortho intramolecular Hbond substituents is 1. The van der Waals surface area contributed by atoms with Gasteiger partial charge in [-0.3, -0.25) is 0 Å². The largest absolute Gasteiger partial charge is 0.504 e. The number of hydrogen-bond acceptors (Lipinski definition) is 4. The van der Waals surface area contributed by atoms with E-state index in [2.05, 4.69) is 32.7 Å². The van der Waals surface area contributed by atoms with Crippen molar-refractivity contribution in [1.82, 2.24) is 4.90 Å². The second-order valence-corrected chi connectivity index (χ2v) is 7.79. The number of likely N-dealkylation sites (N-methyl/N-ethyl adjacent to an activating group) is 1. The number of likely N-dealkylation sites (tertiary alicyclic amines) is 1. The Hall–Kier alpha value is -1.26. The molecule has 0 spiro atoms. The number of phenols is 1. The van der Waals surface area contributed by atoms with Crippen LogP contribution in [0, 0.1) is 0 Å². The Morgan fingerprint density at radius 3 is 2.48 bits per heavy atom. The highest BCUT2D eigenvalue weighted by atomic mass is 16.5. The van der Waals surface area contributed by atoms with E-state index >= 15 is 0 Å². The molecule has 0 amide bonds. The smallest absolute Gasteiger partial charge is 0.164 e. The number of hydrogen-bond donors (Lipinski definition) is 2. The monoisotopic (exact) mass is 349 g/mol. The molecule has 1 aromatic carbocycles. The van der Waals surface area contributed by atoms with Crippen LogP contribution >= 0.6 is 0 Å². The minimum Gasteiger partial charge on any atom is -0.504 e. The minimum atomic E-state index is -0.829. The number of piperidine rings is 1. The first kappa shape index (κ1) is 20.1. The molecule has 2 unspecified atom stereocenters. The summed E-state index contributed by atoms with van der Waals surface area (Å²) >= 11 is 0. The van der Waals surface area contributed by atoms with Crippen LogP contribution in [-0.2, 0) is 11.8 Å². The maximum absolute atomic E-state index is 11.5. The fourth-order valence-corrected chi connectivity index (χ4v) is 4.91. The van der Waals surface area contributed by atoms with Crippen molar-refractivity contribution in [2.75, 3.05) is 20.7 Å². The lowest BCUT2D eigenvalue weighted by molar-refractivity contribution is -0.131. The van der Waals surface area contributed by atoms with Crippen molar-refractivity contribution < 1.29 is 14.9 Å². The molecule has 1 saturated heterocycles. The molecular weight excluding hydrogens is 314 g/mol. The molecule has 142 valence electrons. The van der Waals surface area contributed by atoms with Crippen molar-refractivity contribution in [3.63, 3.8) is 0 Å². The molecule has 3 atom stereocenters. The van der Waals surface area contributed by atoms with Gasteiger partial charge in [-0.25, -0.2) is 0 Å². The zero-order chi connectivity index (χ0) is 18.8. The summed E-state index contributed by atoms with van der Waals surface area (Å²) in [6, 6.07) is 3.82. The van der Waals surface area contributed by atoms with Crippen molar-refractivity contribution in [3.8, 4) is 11.5 Å². The van der Waals surface area contributed by atoms with Crippen molar-refractivity contribution in [3.05, 3.63) is 23.3 Å². The molecule has 4 heteroatoms. The Morgan fingerprint density at radius 2 is 1.92 bits per heavy atom. The first-order valence-corrected chi connectivity index (χ1v) is 9.62. The summed E-state index contributed by atoms with van der Waals surface area (Å²) < 4.78 is 5.55. The van der Waals surface area contributed by atoms with Crippen LogP contribution in [0.1, 0.15) is 64.5 Å². The van der Waals surface area contributed by atoms with Crippen molar-refractivity contribution in [2.24, 2.45) is 0 Å². The maximum Gasteiger partial charge on any atom is 0.164 e. The van der Waals surface area contributed by atoms with Gasteiger partial charge in [0, 0.05) is 17.0 Å². The number of ether oxygens (including phenoxy) is 1. The van der Waals surface area contributed by atoms with E-state index in [0.717, 1.165) is 37.8 Å². The SMILES string of the molecule is CCC.CCC[C@]12CCN(C)C(Cc3ccc(O)c(OC)c31)C2(C)O. The van der Waals surface area contributed by atoms with E-state index in [1.165, 1.54) is 12.0 Å². The average molecular weight is 350 g/mol. The Morgan fingerprint density at radius 1 is 1.28 bits per heavy atom. The molecule has 2 N–H and O–H groups in total. The van der Waals surface area contributed by atoms with E-state index < -0.39 is 5.60 Å². The normalized spacial score (nSPS) is 30.9. The van der Waals surface area contributed by atoms with Gasteiger partial charge >= 0.3 is 0 Å². The van der Waals surface area contributed by atoms with Crippen LogP contribution in [0.3, 0.4) is 0 Å². The summed E-state index contributed by atoms with van der Waals surface area (Å²) in [7, 11) is 3.70. The van der Waals surface area contributed by atoms with Gasteiger partial charge in [0.2, 0.25) is 0 Å². The Labute approximate surface area is 152 Å². The molecule has 1 aromatic rings. The molecule has 1 heterocycles. The van der Waals surface area contributed by atoms with Crippen LogP contribution < -0.4 is 4.74 Å². The van der Waals surface area contributed by atoms with E-state index in [-0.39, 0.29) is 17.2 Å². The summed E-state index contributed by atoms with van der Waals surface area (Å²) in [5.74, 6) is 0.721. The van der Waals surface area contributed by atoms with Crippen LogP contribution in [0.4, 0.5) is 0 Å². The van der Waals surface area contributed by atoms with Crippen LogP contribution in [0.5, 0.6) is 11.5 Å². The molecule has 25 heavy (non-hydrogen) atoms. The Kier molecular flexibility index (Phi) is 6.05. The first-order chi connectivity index (χ1) is 11.8. The van der Waals surface area contributed by atoms with E-state index in [9.17, 15) is 10.2 Å². The number of aliphatic hydroxyl groups is 1. The predicted octanol–water partition coefficient (Wildman–Crippen LogP) is 3.87. The van der Waals surface area contributed by atoms with E-state index in [0.29, 0.717) is 5.75 Å². The maximum atomic E-state index is 11.5. The standard InChI is InChI=1S/C18H27NO3.C3H8/c1-5-8-18-9-10-19(3)14(17(18,2)21)11-12-6-7-13(20)16(22-4)15(12)18;1-3-2/h6-7,14,20-21H,5,8-11H2,1-4H3;3H2,1-2H3/t14?,17?,18-;/m0./s1. The summed E-state index contributed by atoms with van der Waals surface area (Å²) in [4.78, 5) is 2.27. The van der Waals surface area contributed by atoms with Crippen LogP contribution in [0.2, 0.25) is 0 Å². The number of methoxy groups -OCH3 is 1. The third-order valence-electron chi connectivity index (χ3n) is 6.04. The quantitative estimate of drug-likeness (QED) is 0.870. The topological polar surface area (TPSA) is 52.9 Å². The number of aromatic hydroxyl groups is 1. The lowest BCUT2D eigenvalue weighted by atomic mass is 9.53. The molecule has 1 aliphatic heterocycles. The second kappa shape index (κ2) is 7.55. The zero-order valence-corrected chi connectivity index (χ0v) is 16.7. The van der Waals surface area contributed by atoms with Gasteiger partial charge in [0.25, 0.3) is 0 Å². The first-order valence-electron chi connectivity index (χ1n) is 9.62. The molecule has 2 aliphatic rings. The lowest BCUT2D eigenvalue weighted by Gasteiger charge is -2.60. The second-order valence-electron chi connectivity index (χ2n) is 7.79. The van der Waals surface area contributed by atoms with Crippen LogP contribution in [-0.4, -0.2) is 47.5 Å². The molecule has 0 aromatic heterocycles. The third kappa shape index (κ3) is 3.04. The fraction of sp³-hybridized carbons (Fsp3) is 0.714. The molecular formula is C21H35NO3. The van der Waals surface area contributed by atoms with Gasteiger partial charge in [0.15, 0.2) is 11.5 Å². The van der Waals surface area contributed by atoms with Crippen molar-refractivity contribution in [2.45, 2.75) is 76.9 Å². The number of nitrogens with zero attached hydrogens (tertiary/aromatic N) is 1. The molecule has 1 aliphatic carbocycles. The van der Waals surface area contributed by atoms with Gasteiger partial charge in [-0.1, -0.05) is 39.7 Å². The zero-order valence-electron chi connectivity index (χ0n) is 16.7. The van der Waals surface area contributed by atoms with Gasteiger partial charge < -0.3 is 19.8 Å². The molecule has 4 nitrogen and oxygen atoms in total. The molecule has 3 rings (SSSR count). The van der Waals surface area contributed by atoms with Gasteiger partial charge in [-0.15, -0.1) is 0 Å². The Balaban J connectivity index is 0.000000701. The van der Waals surface area contributed by atoms with Gasteiger partial charge in [0.05, 0.1) is 12.7 Å². The van der Waals surface area contributed by atoms with E-state index in [1.54, 1.807) is 13.2 Å². The van der Waals surface area contributed by atoms with E-state index in [4.69, 9.17) is 4.74 Å².